The highest BCUT2D eigenvalue weighted by Gasteiger charge is 2.16. The van der Waals surface area contributed by atoms with E-state index < -0.39 is 0 Å². The van der Waals surface area contributed by atoms with Gasteiger partial charge in [0.2, 0.25) is 0 Å². The molecule has 2 heterocycles. The van der Waals surface area contributed by atoms with Gasteiger partial charge in [0, 0.05) is 0 Å². The van der Waals surface area contributed by atoms with Crippen LogP contribution in [0.1, 0.15) is 26.1 Å². The predicted octanol–water partition coefficient (Wildman–Crippen LogP) is 2.10. The molecular weight excluding hydrogens is 274 g/mol. The molecule has 7 nitrogen and oxygen atoms in total. The Morgan fingerprint density at radius 2 is 2.29 bits per heavy atom. The van der Waals surface area contributed by atoms with Crippen molar-refractivity contribution in [2.24, 2.45) is 0 Å². The van der Waals surface area contributed by atoms with E-state index in [2.05, 4.69) is 10.1 Å². The van der Waals surface area contributed by atoms with Crippen molar-refractivity contribution in [1.82, 2.24) is 15.0 Å². The van der Waals surface area contributed by atoms with Crippen molar-refractivity contribution in [2.45, 2.75) is 26.8 Å². The van der Waals surface area contributed by atoms with Gasteiger partial charge in [0.05, 0.1) is 26.0 Å². The lowest BCUT2D eigenvalue weighted by atomic mass is 10.4. The Balaban J connectivity index is 1.98. The van der Waals surface area contributed by atoms with E-state index >= 15 is 0 Å². The Morgan fingerprint density at radius 1 is 1.43 bits per heavy atom. The number of rotatable bonds is 8. The van der Waals surface area contributed by atoms with Crippen molar-refractivity contribution < 1.29 is 18.5 Å². The summed E-state index contributed by atoms with van der Waals surface area (Å²) in [6.07, 6.45) is 2.46. The summed E-state index contributed by atoms with van der Waals surface area (Å²) >= 11 is 0. The summed E-state index contributed by atoms with van der Waals surface area (Å²) in [5.74, 6) is 1.13. The molecular formula is C14H19N3O4. The van der Waals surface area contributed by atoms with Crippen LogP contribution in [-0.2, 0) is 16.1 Å². The van der Waals surface area contributed by atoms with Crippen molar-refractivity contribution in [3.05, 3.63) is 24.2 Å². The van der Waals surface area contributed by atoms with Gasteiger partial charge >= 0.3 is 5.97 Å². The second kappa shape index (κ2) is 7.58. The highest BCUT2D eigenvalue weighted by atomic mass is 16.5. The van der Waals surface area contributed by atoms with Gasteiger partial charge in [-0.3, -0.25) is 9.69 Å². The Hall–Kier alpha value is -2.15. The normalized spacial score (nSPS) is 11.0. The van der Waals surface area contributed by atoms with E-state index in [0.717, 1.165) is 13.0 Å². The highest BCUT2D eigenvalue weighted by Crippen LogP contribution is 2.17. The number of esters is 1. The van der Waals surface area contributed by atoms with Gasteiger partial charge in [-0.15, -0.1) is 0 Å². The van der Waals surface area contributed by atoms with E-state index in [4.69, 9.17) is 13.7 Å². The molecule has 0 aliphatic heterocycles. The van der Waals surface area contributed by atoms with Crippen LogP contribution in [0.3, 0.4) is 0 Å². The molecule has 0 spiro atoms. The summed E-state index contributed by atoms with van der Waals surface area (Å²) in [5.41, 5.74) is 0. The molecule has 0 fully saturated rings. The molecule has 7 heteroatoms. The van der Waals surface area contributed by atoms with Crippen LogP contribution in [0.5, 0.6) is 0 Å². The third-order valence-electron chi connectivity index (χ3n) is 2.76. The molecule has 0 N–H and O–H groups in total. The molecule has 0 unspecified atom stereocenters. The highest BCUT2D eigenvalue weighted by molar-refractivity contribution is 5.71. The van der Waals surface area contributed by atoms with Crippen molar-refractivity contribution in [1.29, 1.82) is 0 Å². The molecule has 2 aromatic rings. The van der Waals surface area contributed by atoms with Crippen LogP contribution in [0.4, 0.5) is 0 Å². The minimum Gasteiger partial charge on any atom is -0.465 e. The van der Waals surface area contributed by atoms with Crippen molar-refractivity contribution in [3.8, 4) is 11.7 Å². The Morgan fingerprint density at radius 3 is 2.95 bits per heavy atom. The van der Waals surface area contributed by atoms with Crippen LogP contribution >= 0.6 is 0 Å². The minimum absolute atomic E-state index is 0.215. The van der Waals surface area contributed by atoms with Crippen LogP contribution < -0.4 is 0 Å². The van der Waals surface area contributed by atoms with Gasteiger partial charge in [0.1, 0.15) is 0 Å². The molecule has 0 aromatic carbocycles. The number of furan rings is 1. The van der Waals surface area contributed by atoms with E-state index in [0.29, 0.717) is 30.6 Å². The minimum atomic E-state index is -0.249. The van der Waals surface area contributed by atoms with Gasteiger partial charge in [-0.1, -0.05) is 12.1 Å². The first-order valence-corrected chi connectivity index (χ1v) is 6.97. The van der Waals surface area contributed by atoms with Crippen LogP contribution in [-0.4, -0.2) is 40.7 Å². The molecule has 0 amide bonds. The van der Waals surface area contributed by atoms with Gasteiger partial charge < -0.3 is 13.7 Å². The number of ether oxygens (including phenoxy) is 1. The average Bonchev–Trinajstić information content (AvgIpc) is 3.09. The van der Waals surface area contributed by atoms with E-state index in [-0.39, 0.29) is 12.5 Å². The van der Waals surface area contributed by atoms with Gasteiger partial charge in [0.15, 0.2) is 11.6 Å². The summed E-state index contributed by atoms with van der Waals surface area (Å²) in [6.45, 7) is 5.61. The summed E-state index contributed by atoms with van der Waals surface area (Å²) in [5, 5.41) is 3.91. The molecule has 0 atom stereocenters. The van der Waals surface area contributed by atoms with Crippen LogP contribution in [0, 0.1) is 0 Å². The molecule has 2 aromatic heterocycles. The number of nitrogens with zero attached hydrogens (tertiary/aromatic N) is 3. The quantitative estimate of drug-likeness (QED) is 0.689. The number of hydrogen-bond donors (Lipinski definition) is 0. The van der Waals surface area contributed by atoms with E-state index in [1.54, 1.807) is 25.3 Å². The van der Waals surface area contributed by atoms with Crippen molar-refractivity contribution >= 4 is 5.97 Å². The first-order chi connectivity index (χ1) is 10.2. The standard InChI is InChI=1S/C14H19N3O4/c1-3-7-17(10-13(18)19-4-2)9-12-15-14(21-16-12)11-6-5-8-20-11/h5-6,8H,3-4,7,9-10H2,1-2H3. The van der Waals surface area contributed by atoms with Gasteiger partial charge in [-0.2, -0.15) is 4.98 Å². The largest absolute Gasteiger partial charge is 0.465 e. The van der Waals surface area contributed by atoms with E-state index in [1.807, 2.05) is 11.8 Å². The Kier molecular flexibility index (Phi) is 5.51. The van der Waals surface area contributed by atoms with Gasteiger partial charge in [0.25, 0.3) is 5.89 Å². The average molecular weight is 293 g/mol. The maximum Gasteiger partial charge on any atom is 0.320 e. The van der Waals surface area contributed by atoms with Gasteiger partial charge in [-0.25, -0.2) is 0 Å². The molecule has 0 saturated heterocycles. The summed E-state index contributed by atoms with van der Waals surface area (Å²) in [6, 6.07) is 3.50. The number of carbonyl (C=O) groups is 1. The summed E-state index contributed by atoms with van der Waals surface area (Å²) in [4.78, 5) is 17.8. The zero-order valence-electron chi connectivity index (χ0n) is 12.2. The molecule has 0 radical (unpaired) electrons. The first kappa shape index (κ1) is 15.2. The number of aromatic nitrogens is 2. The Labute approximate surface area is 122 Å². The van der Waals surface area contributed by atoms with Crippen LogP contribution in [0.25, 0.3) is 11.7 Å². The monoisotopic (exact) mass is 293 g/mol. The topological polar surface area (TPSA) is 81.6 Å². The number of hydrogen-bond acceptors (Lipinski definition) is 7. The third-order valence-corrected chi connectivity index (χ3v) is 2.76. The lowest BCUT2D eigenvalue weighted by molar-refractivity contribution is -0.144. The zero-order chi connectivity index (χ0) is 15.1. The van der Waals surface area contributed by atoms with E-state index in [9.17, 15) is 4.79 Å². The number of carbonyl (C=O) groups excluding carboxylic acids is 1. The second-order valence-electron chi connectivity index (χ2n) is 4.51. The molecule has 0 bridgehead atoms. The fourth-order valence-electron chi connectivity index (χ4n) is 1.94. The lowest BCUT2D eigenvalue weighted by Crippen LogP contribution is -2.31. The molecule has 0 saturated carbocycles. The van der Waals surface area contributed by atoms with Gasteiger partial charge in [-0.05, 0) is 32.0 Å². The second-order valence-corrected chi connectivity index (χ2v) is 4.51. The summed E-state index contributed by atoms with van der Waals surface area (Å²) < 4.78 is 15.3. The smallest absolute Gasteiger partial charge is 0.320 e. The van der Waals surface area contributed by atoms with E-state index in [1.165, 1.54) is 0 Å². The lowest BCUT2D eigenvalue weighted by Gasteiger charge is -2.18. The molecule has 21 heavy (non-hydrogen) atoms. The van der Waals surface area contributed by atoms with Crippen molar-refractivity contribution in [2.75, 3.05) is 19.7 Å². The first-order valence-electron chi connectivity index (χ1n) is 6.97. The maximum atomic E-state index is 11.6. The fraction of sp³-hybridized carbons (Fsp3) is 0.500. The van der Waals surface area contributed by atoms with Crippen LogP contribution in [0.2, 0.25) is 0 Å². The molecule has 2 rings (SSSR count). The predicted molar refractivity (Wildman–Crippen MR) is 74.2 cm³/mol. The third kappa shape index (κ3) is 4.42. The van der Waals surface area contributed by atoms with Crippen molar-refractivity contribution in [3.63, 3.8) is 0 Å². The molecule has 0 aliphatic carbocycles. The SMILES string of the molecule is CCCN(CC(=O)OCC)Cc1noc(-c2ccco2)n1. The molecule has 114 valence electrons. The molecule has 0 aliphatic rings. The maximum absolute atomic E-state index is 11.6. The zero-order valence-corrected chi connectivity index (χ0v) is 12.2. The summed E-state index contributed by atoms with van der Waals surface area (Å²) in [7, 11) is 0. The van der Waals surface area contributed by atoms with Crippen LogP contribution in [0.15, 0.2) is 27.3 Å². The fourth-order valence-corrected chi connectivity index (χ4v) is 1.94. The Bertz CT molecular complexity index is 550.